The van der Waals surface area contributed by atoms with E-state index in [-0.39, 0.29) is 5.91 Å². The van der Waals surface area contributed by atoms with E-state index in [4.69, 9.17) is 11.5 Å². The fourth-order valence-electron chi connectivity index (χ4n) is 1.63. The summed E-state index contributed by atoms with van der Waals surface area (Å²) in [5.41, 5.74) is 12.2. The Morgan fingerprint density at radius 2 is 1.90 bits per heavy atom. The van der Waals surface area contributed by atoms with E-state index in [1.807, 2.05) is 0 Å². The van der Waals surface area contributed by atoms with E-state index in [2.05, 4.69) is 15.6 Å². The molecule has 0 saturated heterocycles. The number of carbonyl (C=O) groups is 2. The van der Waals surface area contributed by atoms with Gasteiger partial charge in [0, 0.05) is 11.4 Å². The third kappa shape index (κ3) is 3.23. The highest BCUT2D eigenvalue weighted by molar-refractivity contribution is 7.17. The summed E-state index contributed by atoms with van der Waals surface area (Å²) in [4.78, 5) is 27.3. The Morgan fingerprint density at radius 3 is 2.45 bits per heavy atom. The molecule has 7 nitrogen and oxygen atoms in total. The molecule has 0 aliphatic heterocycles. The van der Waals surface area contributed by atoms with Crippen LogP contribution in [0, 0.1) is 6.92 Å². The van der Waals surface area contributed by atoms with E-state index in [0.29, 0.717) is 27.1 Å². The average Bonchev–Trinajstić information content (AvgIpc) is 2.68. The van der Waals surface area contributed by atoms with Crippen LogP contribution in [0.15, 0.2) is 24.3 Å². The van der Waals surface area contributed by atoms with Gasteiger partial charge in [0.15, 0.2) is 5.13 Å². The second kappa shape index (κ2) is 5.57. The number of carbonyl (C=O) groups excluding carboxylic acids is 2. The van der Waals surface area contributed by atoms with Crippen molar-refractivity contribution in [1.29, 1.82) is 0 Å². The lowest BCUT2D eigenvalue weighted by atomic mass is 10.2. The molecule has 0 aliphatic rings. The van der Waals surface area contributed by atoms with E-state index in [1.54, 1.807) is 31.2 Å². The van der Waals surface area contributed by atoms with Crippen molar-refractivity contribution in [3.05, 3.63) is 34.8 Å². The van der Waals surface area contributed by atoms with Crippen LogP contribution in [0.5, 0.6) is 0 Å². The van der Waals surface area contributed by atoms with Gasteiger partial charge in [0.05, 0.1) is 5.69 Å². The Morgan fingerprint density at radius 1 is 1.25 bits per heavy atom. The molecule has 8 heteroatoms. The fourth-order valence-corrected chi connectivity index (χ4v) is 2.36. The number of amides is 3. The third-order valence-corrected chi connectivity index (χ3v) is 3.39. The van der Waals surface area contributed by atoms with Crippen LogP contribution in [-0.4, -0.2) is 16.9 Å². The van der Waals surface area contributed by atoms with Crippen molar-refractivity contribution in [2.75, 3.05) is 16.4 Å². The number of primary amides is 1. The summed E-state index contributed by atoms with van der Waals surface area (Å²) in [5, 5.41) is 5.49. The van der Waals surface area contributed by atoms with Crippen LogP contribution in [0.2, 0.25) is 0 Å². The molecular formula is C12H13N5O2S. The monoisotopic (exact) mass is 291 g/mol. The molecule has 6 N–H and O–H groups in total. The van der Waals surface area contributed by atoms with E-state index in [1.165, 1.54) is 0 Å². The maximum atomic E-state index is 12.1. The quantitative estimate of drug-likeness (QED) is 0.688. The van der Waals surface area contributed by atoms with Gasteiger partial charge in [0.1, 0.15) is 4.88 Å². The summed E-state index contributed by atoms with van der Waals surface area (Å²) >= 11 is 1.12. The lowest BCUT2D eigenvalue weighted by molar-refractivity contribution is 0.103. The molecule has 0 fully saturated rings. The Balaban J connectivity index is 2.15. The molecule has 0 unspecified atom stereocenters. The van der Waals surface area contributed by atoms with Crippen LogP contribution in [0.3, 0.4) is 0 Å². The number of thiazole rings is 1. The summed E-state index contributed by atoms with van der Waals surface area (Å²) in [6.07, 6.45) is 0. The number of aryl methyl sites for hydroxylation is 1. The highest BCUT2D eigenvalue weighted by Gasteiger charge is 2.14. The number of rotatable bonds is 3. The van der Waals surface area contributed by atoms with E-state index >= 15 is 0 Å². The lowest BCUT2D eigenvalue weighted by Gasteiger charge is -2.07. The molecule has 104 valence electrons. The molecule has 2 rings (SSSR count). The number of hydrogen-bond donors (Lipinski definition) is 4. The van der Waals surface area contributed by atoms with Gasteiger partial charge < -0.3 is 22.1 Å². The minimum atomic E-state index is -0.667. The van der Waals surface area contributed by atoms with E-state index in [9.17, 15) is 9.59 Å². The highest BCUT2D eigenvalue weighted by Crippen LogP contribution is 2.22. The molecule has 0 aliphatic carbocycles. The first-order valence-corrected chi connectivity index (χ1v) is 6.48. The third-order valence-electron chi connectivity index (χ3n) is 2.41. The van der Waals surface area contributed by atoms with E-state index in [0.717, 1.165) is 11.3 Å². The Bertz CT molecular complexity index is 668. The van der Waals surface area contributed by atoms with Crippen molar-refractivity contribution in [3.63, 3.8) is 0 Å². The van der Waals surface area contributed by atoms with Crippen LogP contribution in [0.25, 0.3) is 0 Å². The van der Waals surface area contributed by atoms with Crippen molar-refractivity contribution in [2.24, 2.45) is 5.73 Å². The summed E-state index contributed by atoms with van der Waals surface area (Å²) < 4.78 is 0. The minimum Gasteiger partial charge on any atom is -0.375 e. The normalized spacial score (nSPS) is 10.1. The zero-order chi connectivity index (χ0) is 14.7. The number of aromatic nitrogens is 1. The fraction of sp³-hybridized carbons (Fsp3) is 0.0833. The number of benzene rings is 1. The second-order valence-corrected chi connectivity index (χ2v) is 5.02. The standard InChI is InChI=1S/C12H13N5O2S/c1-6-9(20-12(14)15-6)10(18)16-7-3-2-4-8(5-7)17-11(13)19/h2-5H,1H3,(H2,14,15)(H,16,18)(H3,13,17,19). The summed E-state index contributed by atoms with van der Waals surface area (Å²) in [7, 11) is 0. The molecular weight excluding hydrogens is 278 g/mol. The van der Waals surface area contributed by atoms with Gasteiger partial charge in [-0.05, 0) is 25.1 Å². The Kier molecular flexibility index (Phi) is 3.85. The van der Waals surface area contributed by atoms with E-state index < -0.39 is 6.03 Å². The van der Waals surface area contributed by atoms with Gasteiger partial charge in [-0.2, -0.15) is 0 Å². The Hall–Kier alpha value is -2.61. The molecule has 1 aromatic heterocycles. The first-order valence-electron chi connectivity index (χ1n) is 5.66. The summed E-state index contributed by atoms with van der Waals surface area (Å²) in [5.74, 6) is -0.298. The number of nitrogens with zero attached hydrogens (tertiary/aromatic N) is 1. The summed E-state index contributed by atoms with van der Waals surface area (Å²) in [6, 6.07) is 5.98. The molecule has 2 aromatic rings. The van der Waals surface area contributed by atoms with Crippen LogP contribution < -0.4 is 22.1 Å². The molecule has 3 amide bonds. The summed E-state index contributed by atoms with van der Waals surface area (Å²) in [6.45, 7) is 1.72. The van der Waals surface area contributed by atoms with Crippen LogP contribution >= 0.6 is 11.3 Å². The van der Waals surface area contributed by atoms with Crippen molar-refractivity contribution >= 4 is 39.8 Å². The second-order valence-electron chi connectivity index (χ2n) is 3.99. The predicted molar refractivity (Wildman–Crippen MR) is 78.9 cm³/mol. The molecule has 1 aromatic carbocycles. The lowest BCUT2D eigenvalue weighted by Crippen LogP contribution is -2.19. The molecule has 0 atom stereocenters. The van der Waals surface area contributed by atoms with Gasteiger partial charge in [0.2, 0.25) is 0 Å². The molecule has 0 saturated carbocycles. The van der Waals surface area contributed by atoms with Gasteiger partial charge in [-0.25, -0.2) is 9.78 Å². The van der Waals surface area contributed by atoms with Crippen LogP contribution in [0.4, 0.5) is 21.3 Å². The van der Waals surface area contributed by atoms with Gasteiger partial charge in [0.25, 0.3) is 5.91 Å². The number of anilines is 3. The molecule has 1 heterocycles. The van der Waals surface area contributed by atoms with Crippen molar-refractivity contribution in [2.45, 2.75) is 6.92 Å². The highest BCUT2D eigenvalue weighted by atomic mass is 32.1. The molecule has 20 heavy (non-hydrogen) atoms. The number of nitrogen functional groups attached to an aromatic ring is 1. The van der Waals surface area contributed by atoms with Gasteiger partial charge >= 0.3 is 6.03 Å². The first kappa shape index (κ1) is 13.8. The SMILES string of the molecule is Cc1nc(N)sc1C(=O)Nc1cccc(NC(N)=O)c1. The molecule has 0 bridgehead atoms. The topological polar surface area (TPSA) is 123 Å². The van der Waals surface area contributed by atoms with Gasteiger partial charge in [-0.1, -0.05) is 17.4 Å². The molecule has 0 radical (unpaired) electrons. The number of nitrogens with one attached hydrogen (secondary N) is 2. The van der Waals surface area contributed by atoms with Gasteiger partial charge in [-0.15, -0.1) is 0 Å². The van der Waals surface area contributed by atoms with Crippen molar-refractivity contribution < 1.29 is 9.59 Å². The van der Waals surface area contributed by atoms with Crippen LogP contribution in [-0.2, 0) is 0 Å². The average molecular weight is 291 g/mol. The number of hydrogen-bond acceptors (Lipinski definition) is 5. The predicted octanol–water partition coefficient (Wildman–Crippen LogP) is 1.78. The van der Waals surface area contributed by atoms with Crippen LogP contribution in [0.1, 0.15) is 15.4 Å². The maximum Gasteiger partial charge on any atom is 0.316 e. The molecule has 0 spiro atoms. The number of urea groups is 1. The smallest absolute Gasteiger partial charge is 0.316 e. The van der Waals surface area contributed by atoms with Crippen molar-refractivity contribution in [3.8, 4) is 0 Å². The maximum absolute atomic E-state index is 12.1. The van der Waals surface area contributed by atoms with Gasteiger partial charge in [-0.3, -0.25) is 4.79 Å². The van der Waals surface area contributed by atoms with Crippen molar-refractivity contribution in [1.82, 2.24) is 4.98 Å². The minimum absolute atomic E-state index is 0.298. The Labute approximate surface area is 119 Å². The zero-order valence-electron chi connectivity index (χ0n) is 10.6. The largest absolute Gasteiger partial charge is 0.375 e. The number of nitrogens with two attached hydrogens (primary N) is 2. The first-order chi connectivity index (χ1) is 9.45. The zero-order valence-corrected chi connectivity index (χ0v) is 11.5.